The third kappa shape index (κ3) is 6.49. The average Bonchev–Trinajstić information content (AvgIpc) is 3.35. The van der Waals surface area contributed by atoms with E-state index in [1.165, 1.54) is 36.5 Å². The highest BCUT2D eigenvalue weighted by atomic mass is 32.2. The molecule has 2 fully saturated rings. The van der Waals surface area contributed by atoms with Gasteiger partial charge in [0.05, 0.1) is 20.0 Å². The van der Waals surface area contributed by atoms with Crippen LogP contribution in [0, 0.1) is 0 Å². The van der Waals surface area contributed by atoms with Crippen LogP contribution in [0.5, 0.6) is 11.5 Å². The zero-order valence-corrected chi connectivity index (χ0v) is 20.8. The number of ether oxygens (including phenoxy) is 2. The Morgan fingerprint density at radius 3 is 2.50 bits per heavy atom. The first-order valence-corrected chi connectivity index (χ1v) is 13.6. The summed E-state index contributed by atoms with van der Waals surface area (Å²) in [4.78, 5) is 13.5. The summed E-state index contributed by atoms with van der Waals surface area (Å²) in [5, 5.41) is 3.24. The van der Waals surface area contributed by atoms with Gasteiger partial charge in [0.15, 0.2) is 11.5 Å². The summed E-state index contributed by atoms with van der Waals surface area (Å²) in [5.41, 5.74) is 0.800. The number of nitrogens with zero attached hydrogens (tertiary/aromatic N) is 5. The molecule has 2 aliphatic rings. The summed E-state index contributed by atoms with van der Waals surface area (Å²) in [6.07, 6.45) is 6.51. The second-order valence-electron chi connectivity index (χ2n) is 8.63. The zero-order valence-electron chi connectivity index (χ0n) is 19.9. The summed E-state index contributed by atoms with van der Waals surface area (Å²) in [6, 6.07) is 7.50. The lowest BCUT2D eigenvalue weighted by atomic mass is 10.2. The smallest absolute Gasteiger partial charge is 0.229 e. The first-order chi connectivity index (χ1) is 16.4. The molecule has 0 saturated carbocycles. The molecule has 0 amide bonds. The van der Waals surface area contributed by atoms with Crippen molar-refractivity contribution in [3.8, 4) is 11.5 Å². The number of nitrogens with one attached hydrogen (secondary N) is 1. The van der Waals surface area contributed by atoms with Gasteiger partial charge < -0.3 is 24.6 Å². The number of anilines is 3. The molecule has 11 heteroatoms. The topological polar surface area (TPSA) is 100 Å². The van der Waals surface area contributed by atoms with Crippen LogP contribution in [0.4, 0.5) is 17.5 Å². The predicted molar refractivity (Wildman–Crippen MR) is 133 cm³/mol. The summed E-state index contributed by atoms with van der Waals surface area (Å²) < 4.78 is 36.5. The molecule has 2 aliphatic heterocycles. The molecule has 1 aromatic heterocycles. The summed E-state index contributed by atoms with van der Waals surface area (Å²) in [6.45, 7) is 6.12. The van der Waals surface area contributed by atoms with Crippen LogP contribution in [0.3, 0.4) is 0 Å². The molecule has 10 nitrogen and oxygen atoms in total. The molecule has 3 heterocycles. The Bertz CT molecular complexity index is 1050. The molecule has 1 N–H and O–H groups in total. The number of rotatable bonds is 10. The lowest BCUT2D eigenvalue weighted by Crippen LogP contribution is -2.48. The Kier molecular flexibility index (Phi) is 8.07. The van der Waals surface area contributed by atoms with Gasteiger partial charge in [0, 0.05) is 50.7 Å². The lowest BCUT2D eigenvalue weighted by molar-refractivity contribution is 0.254. The number of hydrogen-bond acceptors (Lipinski definition) is 9. The SMILES string of the molecule is COc1ccc(Nc2nccc(N3CCN(S(C)(=O)=O)CC3)n2)cc1OCCCN1CCCC1. The van der Waals surface area contributed by atoms with Gasteiger partial charge in [-0.25, -0.2) is 13.4 Å². The third-order valence-corrected chi connectivity index (χ3v) is 7.47. The van der Waals surface area contributed by atoms with Crippen molar-refractivity contribution in [3.05, 3.63) is 30.5 Å². The minimum absolute atomic E-state index is 0.447. The van der Waals surface area contributed by atoms with Crippen LogP contribution < -0.4 is 19.7 Å². The van der Waals surface area contributed by atoms with Crippen LogP contribution in [0.1, 0.15) is 19.3 Å². The number of piperazine rings is 1. The average molecular weight is 491 g/mol. The van der Waals surface area contributed by atoms with E-state index in [2.05, 4.69) is 25.1 Å². The molecule has 0 bridgehead atoms. The molecule has 0 unspecified atom stereocenters. The van der Waals surface area contributed by atoms with Gasteiger partial charge in [0.1, 0.15) is 5.82 Å². The molecule has 2 aromatic rings. The maximum absolute atomic E-state index is 11.8. The van der Waals surface area contributed by atoms with E-state index in [0.717, 1.165) is 24.5 Å². The fourth-order valence-electron chi connectivity index (χ4n) is 4.31. The van der Waals surface area contributed by atoms with E-state index < -0.39 is 10.0 Å². The van der Waals surface area contributed by atoms with Crippen molar-refractivity contribution < 1.29 is 17.9 Å². The molecule has 0 atom stereocenters. The van der Waals surface area contributed by atoms with Gasteiger partial charge in [-0.15, -0.1) is 0 Å². The second-order valence-corrected chi connectivity index (χ2v) is 10.6. The molecular formula is C23H34N6O4S. The number of sulfonamides is 1. The maximum Gasteiger partial charge on any atom is 0.229 e. The van der Waals surface area contributed by atoms with Crippen LogP contribution in [0.2, 0.25) is 0 Å². The number of methoxy groups -OCH3 is 1. The Morgan fingerprint density at radius 1 is 1.03 bits per heavy atom. The summed E-state index contributed by atoms with van der Waals surface area (Å²) in [5.74, 6) is 2.60. The van der Waals surface area contributed by atoms with Crippen molar-refractivity contribution >= 4 is 27.5 Å². The Morgan fingerprint density at radius 2 is 1.79 bits per heavy atom. The molecule has 1 aromatic carbocycles. The molecular weight excluding hydrogens is 456 g/mol. The van der Waals surface area contributed by atoms with Crippen molar-refractivity contribution in [2.24, 2.45) is 0 Å². The van der Waals surface area contributed by atoms with Crippen LogP contribution in [-0.4, -0.2) is 93.4 Å². The normalized spacial score (nSPS) is 17.6. The first-order valence-electron chi connectivity index (χ1n) is 11.8. The van der Waals surface area contributed by atoms with Gasteiger partial charge in [0.25, 0.3) is 0 Å². The molecule has 0 aliphatic carbocycles. The largest absolute Gasteiger partial charge is 0.493 e. The molecule has 186 valence electrons. The minimum atomic E-state index is -3.17. The van der Waals surface area contributed by atoms with Crippen molar-refractivity contribution in [2.45, 2.75) is 19.3 Å². The highest BCUT2D eigenvalue weighted by Gasteiger charge is 2.24. The highest BCUT2D eigenvalue weighted by molar-refractivity contribution is 7.88. The van der Waals surface area contributed by atoms with E-state index in [4.69, 9.17) is 9.47 Å². The van der Waals surface area contributed by atoms with Crippen LogP contribution in [0.15, 0.2) is 30.5 Å². The molecule has 0 radical (unpaired) electrons. The Hall–Kier alpha value is -2.63. The number of likely N-dealkylation sites (tertiary alicyclic amines) is 1. The van der Waals surface area contributed by atoms with Crippen LogP contribution >= 0.6 is 0 Å². The third-order valence-electron chi connectivity index (χ3n) is 6.17. The van der Waals surface area contributed by atoms with E-state index in [1.54, 1.807) is 13.3 Å². The number of aromatic nitrogens is 2. The highest BCUT2D eigenvalue weighted by Crippen LogP contribution is 2.31. The van der Waals surface area contributed by atoms with Gasteiger partial charge in [0.2, 0.25) is 16.0 Å². The van der Waals surface area contributed by atoms with E-state index in [0.29, 0.717) is 50.2 Å². The van der Waals surface area contributed by atoms with E-state index in [-0.39, 0.29) is 0 Å². The molecule has 4 rings (SSSR count). The van der Waals surface area contributed by atoms with Gasteiger partial charge in [-0.3, -0.25) is 0 Å². The fourth-order valence-corrected chi connectivity index (χ4v) is 5.13. The van der Waals surface area contributed by atoms with Gasteiger partial charge in [-0.2, -0.15) is 9.29 Å². The van der Waals surface area contributed by atoms with E-state index in [9.17, 15) is 8.42 Å². The number of hydrogen-bond donors (Lipinski definition) is 1. The maximum atomic E-state index is 11.8. The molecule has 0 spiro atoms. The molecule has 2 saturated heterocycles. The Balaban J connectivity index is 1.36. The Labute approximate surface area is 201 Å². The zero-order chi connectivity index (χ0) is 24.0. The minimum Gasteiger partial charge on any atom is -0.493 e. The van der Waals surface area contributed by atoms with Gasteiger partial charge >= 0.3 is 0 Å². The second kappa shape index (κ2) is 11.2. The fraction of sp³-hybridized carbons (Fsp3) is 0.565. The van der Waals surface area contributed by atoms with Gasteiger partial charge in [-0.05, 0) is 50.6 Å². The summed E-state index contributed by atoms with van der Waals surface area (Å²) in [7, 11) is -1.53. The molecule has 34 heavy (non-hydrogen) atoms. The van der Waals surface area contributed by atoms with E-state index >= 15 is 0 Å². The standard InChI is InChI=1S/C23H34N6O4S/c1-32-20-7-6-19(18-21(20)33-17-5-12-27-10-3-4-11-27)25-23-24-9-8-22(26-23)28-13-15-29(16-14-28)34(2,30)31/h6-9,18H,3-5,10-17H2,1-2H3,(H,24,25,26). The van der Waals surface area contributed by atoms with Crippen LogP contribution in [0.25, 0.3) is 0 Å². The monoisotopic (exact) mass is 490 g/mol. The summed E-state index contributed by atoms with van der Waals surface area (Å²) >= 11 is 0. The van der Waals surface area contributed by atoms with Crippen molar-refractivity contribution in [2.75, 3.05) is 76.0 Å². The van der Waals surface area contributed by atoms with Gasteiger partial charge in [-0.1, -0.05) is 0 Å². The van der Waals surface area contributed by atoms with Crippen LogP contribution in [-0.2, 0) is 10.0 Å². The lowest BCUT2D eigenvalue weighted by Gasteiger charge is -2.33. The quantitative estimate of drug-likeness (QED) is 0.502. The number of benzene rings is 1. The van der Waals surface area contributed by atoms with Crippen molar-refractivity contribution in [1.29, 1.82) is 0 Å². The van der Waals surface area contributed by atoms with Crippen molar-refractivity contribution in [1.82, 2.24) is 19.2 Å². The first kappa shape index (κ1) is 24.5. The van der Waals surface area contributed by atoms with E-state index in [1.807, 2.05) is 24.3 Å². The predicted octanol–water partition coefficient (Wildman–Crippen LogP) is 2.18. The van der Waals surface area contributed by atoms with Crippen molar-refractivity contribution in [3.63, 3.8) is 0 Å².